The van der Waals surface area contributed by atoms with Crippen LogP contribution >= 0.6 is 27.5 Å². The molecule has 0 bridgehead atoms. The fourth-order valence-electron chi connectivity index (χ4n) is 4.81. The van der Waals surface area contributed by atoms with Crippen LogP contribution in [0.5, 0.6) is 5.75 Å². The number of carbonyl (C=O) groups excluding carboxylic acids is 2. The molecule has 0 aliphatic heterocycles. The summed E-state index contributed by atoms with van der Waals surface area (Å²) in [4.78, 5) is 24.8. The molecular weight excluding hydrogens is 502 g/mol. The molecule has 0 saturated heterocycles. The smallest absolute Gasteiger partial charge is 0.227 e. The van der Waals surface area contributed by atoms with Crippen LogP contribution in [0.25, 0.3) is 0 Å². The van der Waals surface area contributed by atoms with Crippen LogP contribution < -0.4 is 10.1 Å². The van der Waals surface area contributed by atoms with Crippen LogP contribution in [0, 0.1) is 18.8 Å². The zero-order valence-corrected chi connectivity index (χ0v) is 22.0. The molecule has 1 amide bonds. The maximum atomic E-state index is 12.7. The molecule has 1 saturated carbocycles. The first-order valence-electron chi connectivity index (χ1n) is 11.7. The van der Waals surface area contributed by atoms with E-state index in [9.17, 15) is 9.59 Å². The molecule has 6 heteroatoms. The van der Waals surface area contributed by atoms with Crippen LogP contribution in [0.3, 0.4) is 0 Å². The van der Waals surface area contributed by atoms with E-state index < -0.39 is 0 Å². The van der Waals surface area contributed by atoms with Crippen LogP contribution in [0.15, 0.2) is 34.8 Å². The molecule has 0 spiro atoms. The molecule has 2 aromatic carbocycles. The van der Waals surface area contributed by atoms with Gasteiger partial charge >= 0.3 is 0 Å². The van der Waals surface area contributed by atoms with E-state index in [1.165, 1.54) is 0 Å². The first kappa shape index (κ1) is 25.8. The van der Waals surface area contributed by atoms with E-state index >= 15 is 0 Å². The molecule has 1 aliphatic carbocycles. The van der Waals surface area contributed by atoms with Gasteiger partial charge in [-0.05, 0) is 87.6 Å². The Labute approximate surface area is 210 Å². The van der Waals surface area contributed by atoms with Crippen molar-refractivity contribution in [1.82, 2.24) is 0 Å². The molecule has 0 heterocycles. The second-order valence-electron chi connectivity index (χ2n) is 9.08. The summed E-state index contributed by atoms with van der Waals surface area (Å²) in [6.45, 7) is 3.56. The number of hydrogen-bond acceptors (Lipinski definition) is 3. The number of hydrogen-bond donors (Lipinski definition) is 1. The topological polar surface area (TPSA) is 55.4 Å². The van der Waals surface area contributed by atoms with Gasteiger partial charge in [-0.25, -0.2) is 0 Å². The lowest BCUT2D eigenvalue weighted by atomic mass is 9.79. The lowest BCUT2D eigenvalue weighted by Crippen LogP contribution is -2.27. The maximum absolute atomic E-state index is 12.7. The Morgan fingerprint density at radius 2 is 1.85 bits per heavy atom. The number of Topliss-reactive ketones (excluding diaryl/α,β-unsaturated/α-hetero) is 1. The molecular formula is C27H33BrClNO3. The number of rotatable bonds is 9. The molecule has 178 valence electrons. The number of carbonyl (C=O) groups is 2. The van der Waals surface area contributed by atoms with Crippen molar-refractivity contribution in [2.75, 3.05) is 12.4 Å². The van der Waals surface area contributed by atoms with E-state index in [1.54, 1.807) is 20.1 Å². The summed E-state index contributed by atoms with van der Waals surface area (Å²) in [5.41, 5.74) is 3.50. The number of benzene rings is 2. The number of unbranched alkanes of at least 4 members (excludes halogenated alkanes) is 1. The van der Waals surface area contributed by atoms with Crippen molar-refractivity contribution in [3.8, 4) is 5.75 Å². The third-order valence-electron chi connectivity index (χ3n) is 6.74. The van der Waals surface area contributed by atoms with Gasteiger partial charge in [0.2, 0.25) is 5.91 Å². The maximum Gasteiger partial charge on any atom is 0.227 e. The summed E-state index contributed by atoms with van der Waals surface area (Å²) in [6, 6.07) is 9.47. The molecule has 4 nitrogen and oxygen atoms in total. The van der Waals surface area contributed by atoms with E-state index in [1.807, 2.05) is 31.2 Å². The van der Waals surface area contributed by atoms with E-state index in [-0.39, 0.29) is 17.6 Å². The van der Waals surface area contributed by atoms with Crippen molar-refractivity contribution in [2.45, 2.75) is 65.2 Å². The van der Waals surface area contributed by atoms with Crippen molar-refractivity contribution < 1.29 is 14.3 Å². The van der Waals surface area contributed by atoms with Crippen LogP contribution in [0.2, 0.25) is 5.02 Å². The number of methoxy groups -OCH3 is 1. The van der Waals surface area contributed by atoms with E-state index in [0.29, 0.717) is 16.5 Å². The number of ketones is 1. The highest BCUT2D eigenvalue weighted by Crippen LogP contribution is 2.34. The normalized spacial score (nSPS) is 18.1. The Morgan fingerprint density at radius 1 is 1.12 bits per heavy atom. The highest BCUT2D eigenvalue weighted by molar-refractivity contribution is 9.10. The molecule has 1 N–H and O–H groups in total. The van der Waals surface area contributed by atoms with Crippen molar-refractivity contribution >= 4 is 44.9 Å². The van der Waals surface area contributed by atoms with E-state index in [4.69, 9.17) is 16.3 Å². The minimum absolute atomic E-state index is 0.0111. The fourth-order valence-corrected chi connectivity index (χ4v) is 5.65. The molecule has 0 aromatic heterocycles. The molecule has 0 unspecified atom stereocenters. The largest absolute Gasteiger partial charge is 0.496 e. The number of amides is 1. The van der Waals surface area contributed by atoms with Gasteiger partial charge in [0.25, 0.3) is 0 Å². The first-order chi connectivity index (χ1) is 15.8. The highest BCUT2D eigenvalue weighted by atomic mass is 79.9. The lowest BCUT2D eigenvalue weighted by Gasteiger charge is -2.28. The average Bonchev–Trinajstić information content (AvgIpc) is 2.80. The molecule has 2 aromatic rings. The van der Waals surface area contributed by atoms with Crippen LogP contribution in [0.4, 0.5) is 5.69 Å². The van der Waals surface area contributed by atoms with Crippen molar-refractivity contribution in [1.29, 1.82) is 0 Å². The van der Waals surface area contributed by atoms with Crippen LogP contribution in [-0.4, -0.2) is 18.8 Å². The average molecular weight is 535 g/mol. The van der Waals surface area contributed by atoms with Gasteiger partial charge in [0.15, 0.2) is 5.78 Å². The van der Waals surface area contributed by atoms with Gasteiger partial charge in [-0.2, -0.15) is 0 Å². The molecule has 3 rings (SSSR count). The summed E-state index contributed by atoms with van der Waals surface area (Å²) in [5, 5.41) is 3.59. The first-order valence-corrected chi connectivity index (χ1v) is 12.9. The minimum atomic E-state index is 0.0111. The predicted octanol–water partition coefficient (Wildman–Crippen LogP) is 7.78. The number of aryl methyl sites for hydroxylation is 1. The number of anilines is 1. The van der Waals surface area contributed by atoms with Crippen molar-refractivity contribution in [2.24, 2.45) is 11.8 Å². The van der Waals surface area contributed by atoms with Gasteiger partial charge < -0.3 is 10.1 Å². The number of nitrogens with one attached hydrogen (secondary N) is 1. The second-order valence-corrected chi connectivity index (χ2v) is 10.3. The van der Waals surface area contributed by atoms with E-state index in [2.05, 4.69) is 21.2 Å². The minimum Gasteiger partial charge on any atom is -0.496 e. The zero-order valence-electron chi connectivity index (χ0n) is 19.7. The summed E-state index contributed by atoms with van der Waals surface area (Å²) >= 11 is 9.84. The fraction of sp³-hybridized carbons (Fsp3) is 0.481. The monoisotopic (exact) mass is 533 g/mol. The Bertz CT molecular complexity index is 999. The van der Waals surface area contributed by atoms with Gasteiger partial charge in [0.05, 0.1) is 12.1 Å². The molecule has 0 radical (unpaired) electrons. The Morgan fingerprint density at radius 3 is 2.52 bits per heavy atom. The third kappa shape index (κ3) is 6.83. The molecule has 1 fully saturated rings. The predicted molar refractivity (Wildman–Crippen MR) is 139 cm³/mol. The quantitative estimate of drug-likeness (QED) is 0.264. The van der Waals surface area contributed by atoms with Gasteiger partial charge in [-0.1, -0.05) is 46.4 Å². The van der Waals surface area contributed by atoms with Gasteiger partial charge in [-0.3, -0.25) is 9.59 Å². The third-order valence-corrected chi connectivity index (χ3v) is 7.80. The Kier molecular flexibility index (Phi) is 9.39. The summed E-state index contributed by atoms with van der Waals surface area (Å²) in [6.07, 6.45) is 8.20. The van der Waals surface area contributed by atoms with Crippen LogP contribution in [0.1, 0.15) is 73.4 Å². The standard InChI is InChI=1S/C27H33BrClNO3/c1-17-8-13-21(16-25(17)33-3)30-27(32)20-11-9-19(10-12-20)6-4-5-7-22-23(28)14-15-24(29)26(22)18(2)31/h8,13-16,19-20H,4-7,9-12H2,1-3H3,(H,30,32). The Hall–Kier alpha value is -1.85. The van der Waals surface area contributed by atoms with Crippen molar-refractivity contribution in [3.63, 3.8) is 0 Å². The van der Waals surface area contributed by atoms with E-state index in [0.717, 1.165) is 78.4 Å². The summed E-state index contributed by atoms with van der Waals surface area (Å²) < 4.78 is 6.31. The Balaban J connectivity index is 1.43. The SMILES string of the molecule is COc1cc(NC(=O)C2CCC(CCCCc3c(Br)ccc(Cl)c3C(C)=O)CC2)ccc1C. The molecule has 0 atom stereocenters. The van der Waals surface area contributed by atoms with Gasteiger partial charge in [0.1, 0.15) is 5.75 Å². The zero-order chi connectivity index (χ0) is 24.0. The van der Waals surface area contributed by atoms with Crippen molar-refractivity contribution in [3.05, 3.63) is 56.5 Å². The number of ether oxygens (including phenoxy) is 1. The van der Waals surface area contributed by atoms with Gasteiger partial charge in [-0.15, -0.1) is 0 Å². The van der Waals surface area contributed by atoms with Gasteiger partial charge in [0, 0.05) is 27.7 Å². The van der Waals surface area contributed by atoms with Crippen LogP contribution in [-0.2, 0) is 11.2 Å². The number of halogens is 2. The second kappa shape index (κ2) is 12.0. The highest BCUT2D eigenvalue weighted by Gasteiger charge is 2.26. The molecule has 1 aliphatic rings. The summed E-state index contributed by atoms with van der Waals surface area (Å²) in [7, 11) is 1.64. The lowest BCUT2D eigenvalue weighted by molar-refractivity contribution is -0.121. The summed E-state index contributed by atoms with van der Waals surface area (Å²) in [5.74, 6) is 1.66. The molecule has 33 heavy (non-hydrogen) atoms.